The molecule has 24 heavy (non-hydrogen) atoms. The van der Waals surface area contributed by atoms with Gasteiger partial charge in [-0.15, -0.1) is 0 Å². The monoisotopic (exact) mass is 344 g/mol. The number of hydrogen-bond acceptors (Lipinski definition) is 3. The first-order valence-corrected chi connectivity index (χ1v) is 7.58. The molecule has 0 unspecified atom stereocenters. The van der Waals surface area contributed by atoms with Crippen LogP contribution in [0.5, 0.6) is 0 Å². The average molecular weight is 345 g/mol. The summed E-state index contributed by atoms with van der Waals surface area (Å²) in [5.74, 6) is -0.590. The average Bonchev–Trinajstić information content (AvgIpc) is 2.89. The highest BCUT2D eigenvalue weighted by Crippen LogP contribution is 2.17. The minimum absolute atomic E-state index is 0.120. The first kappa shape index (κ1) is 16.1. The second-order valence-electron chi connectivity index (χ2n) is 5.32. The molecule has 1 amide bonds. The zero-order valence-corrected chi connectivity index (χ0v) is 13.8. The van der Waals surface area contributed by atoms with Crippen LogP contribution in [0.25, 0.3) is 5.82 Å². The molecule has 122 valence electrons. The van der Waals surface area contributed by atoms with Gasteiger partial charge in [-0.25, -0.2) is 14.1 Å². The van der Waals surface area contributed by atoms with E-state index in [9.17, 15) is 9.18 Å². The minimum atomic E-state index is -0.635. The Balaban J connectivity index is 1.80. The van der Waals surface area contributed by atoms with Gasteiger partial charge in [0.15, 0.2) is 5.82 Å². The van der Waals surface area contributed by atoms with E-state index in [-0.39, 0.29) is 5.56 Å². The number of carbonyl (C=O) groups excluding carboxylic acids is 1. The molecule has 0 aliphatic heterocycles. The molecular weight excluding hydrogens is 331 g/mol. The predicted molar refractivity (Wildman–Crippen MR) is 90.2 cm³/mol. The van der Waals surface area contributed by atoms with Gasteiger partial charge in [0.1, 0.15) is 5.82 Å². The highest BCUT2D eigenvalue weighted by Gasteiger charge is 2.13. The Morgan fingerprint density at radius 3 is 2.62 bits per heavy atom. The van der Waals surface area contributed by atoms with Crippen LogP contribution in [-0.2, 0) is 0 Å². The predicted octanol–water partition coefficient (Wildman–Crippen LogP) is 3.93. The van der Waals surface area contributed by atoms with Crippen molar-refractivity contribution in [2.75, 3.05) is 5.32 Å². The number of pyridine rings is 1. The van der Waals surface area contributed by atoms with Crippen LogP contribution in [0.15, 0.2) is 42.6 Å². The maximum atomic E-state index is 13.7. The van der Waals surface area contributed by atoms with E-state index in [1.54, 1.807) is 16.8 Å². The van der Waals surface area contributed by atoms with Gasteiger partial charge in [0.2, 0.25) is 0 Å². The third-order valence-corrected chi connectivity index (χ3v) is 3.64. The van der Waals surface area contributed by atoms with Crippen molar-refractivity contribution in [2.45, 2.75) is 13.8 Å². The lowest BCUT2D eigenvalue weighted by molar-refractivity contribution is 0.102. The Bertz CT molecular complexity index is 905. The molecule has 0 aliphatic carbocycles. The molecule has 2 aromatic heterocycles. The first-order valence-electron chi connectivity index (χ1n) is 7.20. The van der Waals surface area contributed by atoms with Crippen molar-refractivity contribution in [1.82, 2.24) is 14.8 Å². The molecule has 0 saturated heterocycles. The van der Waals surface area contributed by atoms with Crippen LogP contribution in [0, 0.1) is 19.7 Å². The summed E-state index contributed by atoms with van der Waals surface area (Å²) in [5.41, 5.74) is 2.18. The Labute approximate surface area is 143 Å². The summed E-state index contributed by atoms with van der Waals surface area (Å²) in [6, 6.07) is 9.17. The smallest absolute Gasteiger partial charge is 0.258 e. The Kier molecular flexibility index (Phi) is 4.31. The van der Waals surface area contributed by atoms with Gasteiger partial charge in [-0.2, -0.15) is 5.10 Å². The third-order valence-electron chi connectivity index (χ3n) is 3.41. The zero-order valence-electron chi connectivity index (χ0n) is 13.0. The van der Waals surface area contributed by atoms with Crippen LogP contribution in [-0.4, -0.2) is 20.7 Å². The standard InChI is InChI=1S/C17H14ClFN4O/c1-10-7-11(2)23(22-10)16-6-4-13(9-20-16)21-17(24)14-8-12(18)3-5-15(14)19/h3-9H,1-2H3,(H,21,24). The van der Waals surface area contributed by atoms with Crippen molar-refractivity contribution >= 4 is 23.2 Å². The van der Waals surface area contributed by atoms with Gasteiger partial charge in [-0.1, -0.05) is 11.6 Å². The number of aryl methyl sites for hydroxylation is 2. The highest BCUT2D eigenvalue weighted by molar-refractivity contribution is 6.31. The molecule has 1 N–H and O–H groups in total. The summed E-state index contributed by atoms with van der Waals surface area (Å²) in [5, 5.41) is 7.23. The number of nitrogens with one attached hydrogen (secondary N) is 1. The topological polar surface area (TPSA) is 59.8 Å². The molecule has 0 saturated carbocycles. The molecule has 2 heterocycles. The summed E-state index contributed by atoms with van der Waals surface area (Å²) in [7, 11) is 0. The molecular formula is C17H14ClFN4O. The fourth-order valence-electron chi connectivity index (χ4n) is 2.32. The molecule has 5 nitrogen and oxygen atoms in total. The van der Waals surface area contributed by atoms with Gasteiger partial charge < -0.3 is 5.32 Å². The van der Waals surface area contributed by atoms with E-state index in [0.29, 0.717) is 16.5 Å². The summed E-state index contributed by atoms with van der Waals surface area (Å²) >= 11 is 5.80. The van der Waals surface area contributed by atoms with E-state index < -0.39 is 11.7 Å². The van der Waals surface area contributed by atoms with Crippen LogP contribution in [0.1, 0.15) is 21.7 Å². The number of hydrogen-bond donors (Lipinski definition) is 1. The zero-order chi connectivity index (χ0) is 17.3. The van der Waals surface area contributed by atoms with Crippen LogP contribution in [0.2, 0.25) is 5.02 Å². The number of halogens is 2. The van der Waals surface area contributed by atoms with Crippen molar-refractivity contribution in [1.29, 1.82) is 0 Å². The molecule has 7 heteroatoms. The molecule has 0 radical (unpaired) electrons. The fourth-order valence-corrected chi connectivity index (χ4v) is 2.49. The van der Waals surface area contributed by atoms with E-state index >= 15 is 0 Å². The van der Waals surface area contributed by atoms with E-state index in [2.05, 4.69) is 15.4 Å². The van der Waals surface area contributed by atoms with Gasteiger partial charge in [-0.3, -0.25) is 4.79 Å². The van der Waals surface area contributed by atoms with Gasteiger partial charge in [-0.05, 0) is 50.2 Å². The second-order valence-corrected chi connectivity index (χ2v) is 5.76. The number of rotatable bonds is 3. The van der Waals surface area contributed by atoms with Crippen molar-refractivity contribution < 1.29 is 9.18 Å². The summed E-state index contributed by atoms with van der Waals surface area (Å²) < 4.78 is 15.4. The van der Waals surface area contributed by atoms with Crippen molar-refractivity contribution in [3.8, 4) is 5.82 Å². The first-order chi connectivity index (χ1) is 11.4. The van der Waals surface area contributed by atoms with Gasteiger partial charge >= 0.3 is 0 Å². The van der Waals surface area contributed by atoms with Gasteiger partial charge in [0.05, 0.1) is 23.1 Å². The molecule has 0 fully saturated rings. The summed E-state index contributed by atoms with van der Waals surface area (Å²) in [4.78, 5) is 16.4. The normalized spacial score (nSPS) is 10.7. The third kappa shape index (κ3) is 3.28. The van der Waals surface area contributed by atoms with Crippen molar-refractivity contribution in [3.63, 3.8) is 0 Å². The Morgan fingerprint density at radius 1 is 1.21 bits per heavy atom. The van der Waals surface area contributed by atoms with Crippen molar-refractivity contribution in [2.24, 2.45) is 0 Å². The van der Waals surface area contributed by atoms with E-state index in [1.807, 2.05) is 19.9 Å². The van der Waals surface area contributed by atoms with Gasteiger partial charge in [0.25, 0.3) is 5.91 Å². The molecule has 1 aromatic carbocycles. The van der Waals surface area contributed by atoms with Crippen LogP contribution in [0.4, 0.5) is 10.1 Å². The molecule has 0 atom stereocenters. The second kappa shape index (κ2) is 6.41. The Hall–Kier alpha value is -2.73. The maximum absolute atomic E-state index is 13.7. The molecule has 3 aromatic rings. The number of carbonyl (C=O) groups is 1. The summed E-state index contributed by atoms with van der Waals surface area (Å²) in [6.07, 6.45) is 1.49. The fraction of sp³-hybridized carbons (Fsp3) is 0.118. The van der Waals surface area contributed by atoms with Crippen LogP contribution >= 0.6 is 11.6 Å². The number of nitrogens with zero attached hydrogens (tertiary/aromatic N) is 3. The number of benzene rings is 1. The Morgan fingerprint density at radius 2 is 2.00 bits per heavy atom. The summed E-state index contributed by atoms with van der Waals surface area (Å²) in [6.45, 7) is 3.83. The van der Waals surface area contributed by atoms with Crippen molar-refractivity contribution in [3.05, 3.63) is 70.4 Å². The number of anilines is 1. The highest BCUT2D eigenvalue weighted by atomic mass is 35.5. The molecule has 3 rings (SSSR count). The number of aromatic nitrogens is 3. The lowest BCUT2D eigenvalue weighted by Gasteiger charge is -2.08. The molecule has 0 bridgehead atoms. The molecule has 0 aliphatic rings. The SMILES string of the molecule is Cc1cc(C)n(-c2ccc(NC(=O)c3cc(Cl)ccc3F)cn2)n1. The van der Waals surface area contributed by atoms with E-state index in [0.717, 1.165) is 17.5 Å². The van der Waals surface area contributed by atoms with Crippen LogP contribution < -0.4 is 5.32 Å². The lowest BCUT2D eigenvalue weighted by Crippen LogP contribution is -2.14. The quantitative estimate of drug-likeness (QED) is 0.783. The van der Waals surface area contributed by atoms with E-state index in [4.69, 9.17) is 11.6 Å². The lowest BCUT2D eigenvalue weighted by atomic mass is 10.2. The largest absolute Gasteiger partial charge is 0.320 e. The minimum Gasteiger partial charge on any atom is -0.320 e. The van der Waals surface area contributed by atoms with Gasteiger partial charge in [0, 0.05) is 10.7 Å². The number of amides is 1. The van der Waals surface area contributed by atoms with Crippen LogP contribution in [0.3, 0.4) is 0 Å². The van der Waals surface area contributed by atoms with E-state index in [1.165, 1.54) is 18.3 Å². The maximum Gasteiger partial charge on any atom is 0.258 e. The molecule has 0 spiro atoms.